The fraction of sp³-hybridized carbons (Fsp3) is 0.862. The summed E-state index contributed by atoms with van der Waals surface area (Å²) in [6.07, 6.45) is 28.0. The minimum Gasteiger partial charge on any atom is -0.479 e. The monoisotopic (exact) mass is 466 g/mol. The van der Waals surface area contributed by atoms with Crippen LogP contribution in [0.3, 0.4) is 0 Å². The largest absolute Gasteiger partial charge is 0.479 e. The Labute approximate surface area is 204 Å². The summed E-state index contributed by atoms with van der Waals surface area (Å²) in [6, 6.07) is 0. The number of esters is 1. The number of aliphatic carboxylic acids is 1. The highest BCUT2D eigenvalue weighted by atomic mass is 16.6. The van der Waals surface area contributed by atoms with E-state index in [1.165, 1.54) is 83.5 Å². The molecule has 4 heteroatoms. The third kappa shape index (κ3) is 23.6. The molecule has 0 bridgehead atoms. The molecule has 0 spiro atoms. The molecule has 0 saturated heterocycles. The van der Waals surface area contributed by atoms with Crippen molar-refractivity contribution < 1.29 is 19.4 Å². The molecule has 0 heterocycles. The van der Waals surface area contributed by atoms with Crippen molar-refractivity contribution >= 4 is 11.9 Å². The highest BCUT2D eigenvalue weighted by Gasteiger charge is 2.21. The lowest BCUT2D eigenvalue weighted by atomic mass is 10.0. The average Bonchev–Trinajstić information content (AvgIpc) is 2.80. The number of unbranched alkanes of at least 4 members (excludes halogenated alkanes) is 17. The fourth-order valence-electron chi connectivity index (χ4n) is 4.06. The van der Waals surface area contributed by atoms with Crippen molar-refractivity contribution in [2.75, 3.05) is 0 Å². The molecule has 1 N–H and O–H groups in total. The van der Waals surface area contributed by atoms with E-state index in [4.69, 9.17) is 4.74 Å². The van der Waals surface area contributed by atoms with Crippen molar-refractivity contribution in [1.29, 1.82) is 0 Å². The van der Waals surface area contributed by atoms with Gasteiger partial charge in [-0.25, -0.2) is 4.79 Å². The number of carbonyl (C=O) groups is 2. The Hall–Kier alpha value is -1.32. The number of hydrogen-bond acceptors (Lipinski definition) is 3. The minimum absolute atomic E-state index is 0.332. The van der Waals surface area contributed by atoms with E-state index in [1.807, 2.05) is 0 Å². The van der Waals surface area contributed by atoms with E-state index >= 15 is 0 Å². The lowest BCUT2D eigenvalue weighted by Crippen LogP contribution is -2.27. The molecular weight excluding hydrogens is 412 g/mol. The molecule has 0 rings (SSSR count). The van der Waals surface area contributed by atoms with Crippen molar-refractivity contribution in [1.82, 2.24) is 0 Å². The second-order valence-corrected chi connectivity index (χ2v) is 9.56. The summed E-state index contributed by atoms with van der Waals surface area (Å²) in [5, 5.41) is 9.36. The number of carboxylic acid groups (broad SMARTS) is 1. The van der Waals surface area contributed by atoms with Gasteiger partial charge in [-0.15, -0.1) is 0 Å². The van der Waals surface area contributed by atoms with Crippen molar-refractivity contribution in [3.8, 4) is 0 Å². The predicted octanol–water partition coefficient (Wildman–Crippen LogP) is 9.16. The van der Waals surface area contributed by atoms with Gasteiger partial charge in [0.1, 0.15) is 0 Å². The molecule has 33 heavy (non-hydrogen) atoms. The second kappa shape index (κ2) is 25.3. The second-order valence-electron chi connectivity index (χ2n) is 9.56. The smallest absolute Gasteiger partial charge is 0.345 e. The van der Waals surface area contributed by atoms with Gasteiger partial charge >= 0.3 is 11.9 Å². The summed E-state index contributed by atoms with van der Waals surface area (Å²) < 4.78 is 5.25. The van der Waals surface area contributed by atoms with Gasteiger partial charge in [0.15, 0.2) is 6.10 Å². The summed E-state index contributed by atoms with van der Waals surface area (Å²) in [5.41, 5.74) is 0. The third-order valence-corrected chi connectivity index (χ3v) is 6.26. The van der Waals surface area contributed by atoms with Crippen LogP contribution in [0.15, 0.2) is 12.2 Å². The molecular formula is C29H54O4. The van der Waals surface area contributed by atoms with Gasteiger partial charge in [-0.3, -0.25) is 4.79 Å². The zero-order valence-electron chi connectivity index (χ0n) is 22.0. The molecule has 0 aromatic heterocycles. The topological polar surface area (TPSA) is 63.6 Å². The van der Waals surface area contributed by atoms with Crippen LogP contribution in [0.5, 0.6) is 0 Å². The van der Waals surface area contributed by atoms with Crippen LogP contribution in [0.4, 0.5) is 0 Å². The first-order valence-corrected chi connectivity index (χ1v) is 14.2. The Balaban J connectivity index is 3.64. The summed E-state index contributed by atoms with van der Waals surface area (Å²) in [7, 11) is 0. The Bertz CT molecular complexity index is 472. The van der Waals surface area contributed by atoms with E-state index in [9.17, 15) is 14.7 Å². The van der Waals surface area contributed by atoms with Gasteiger partial charge in [0.05, 0.1) is 0 Å². The first kappa shape index (κ1) is 31.7. The Morgan fingerprint density at radius 1 is 0.636 bits per heavy atom. The fourth-order valence-corrected chi connectivity index (χ4v) is 4.06. The summed E-state index contributed by atoms with van der Waals surface area (Å²) in [5.74, 6) is -1.37. The van der Waals surface area contributed by atoms with Crippen LogP contribution >= 0.6 is 0 Å². The Morgan fingerprint density at radius 2 is 1.09 bits per heavy atom. The lowest BCUT2D eigenvalue weighted by molar-refractivity contribution is -0.164. The maximum absolute atomic E-state index is 12.0. The van der Waals surface area contributed by atoms with Gasteiger partial charge < -0.3 is 9.84 Å². The van der Waals surface area contributed by atoms with Crippen LogP contribution in [-0.4, -0.2) is 23.1 Å². The highest BCUT2D eigenvalue weighted by Crippen LogP contribution is 2.15. The van der Waals surface area contributed by atoms with Crippen LogP contribution in [0.2, 0.25) is 0 Å². The van der Waals surface area contributed by atoms with Crippen molar-refractivity contribution in [2.45, 2.75) is 161 Å². The number of allylic oxidation sites excluding steroid dienone is 2. The van der Waals surface area contributed by atoms with Gasteiger partial charge in [-0.05, 0) is 38.5 Å². The van der Waals surface area contributed by atoms with E-state index in [0.29, 0.717) is 12.8 Å². The van der Waals surface area contributed by atoms with Crippen LogP contribution in [0.1, 0.15) is 155 Å². The van der Waals surface area contributed by atoms with Gasteiger partial charge in [0.25, 0.3) is 0 Å². The van der Waals surface area contributed by atoms with Crippen LogP contribution in [0, 0.1) is 0 Å². The van der Waals surface area contributed by atoms with Crippen molar-refractivity contribution in [2.24, 2.45) is 0 Å². The Kier molecular flexibility index (Phi) is 24.3. The number of carboxylic acids is 1. The highest BCUT2D eigenvalue weighted by molar-refractivity contribution is 5.77. The van der Waals surface area contributed by atoms with Crippen LogP contribution in [0.25, 0.3) is 0 Å². The van der Waals surface area contributed by atoms with Gasteiger partial charge in [-0.1, -0.05) is 122 Å². The summed E-state index contributed by atoms with van der Waals surface area (Å²) >= 11 is 0. The molecule has 4 nitrogen and oxygen atoms in total. The molecule has 0 radical (unpaired) electrons. The first-order chi connectivity index (χ1) is 16.1. The first-order valence-electron chi connectivity index (χ1n) is 14.2. The summed E-state index contributed by atoms with van der Waals surface area (Å²) in [4.78, 5) is 23.4. The van der Waals surface area contributed by atoms with Gasteiger partial charge in [-0.2, -0.15) is 0 Å². The molecule has 0 aromatic carbocycles. The summed E-state index contributed by atoms with van der Waals surface area (Å²) in [6.45, 7) is 4.46. The van der Waals surface area contributed by atoms with E-state index in [1.54, 1.807) is 0 Å². The molecule has 1 unspecified atom stereocenters. The zero-order valence-corrected chi connectivity index (χ0v) is 22.0. The molecule has 0 aliphatic heterocycles. The van der Waals surface area contributed by atoms with Crippen molar-refractivity contribution in [3.05, 3.63) is 12.2 Å². The maximum Gasteiger partial charge on any atom is 0.345 e. The van der Waals surface area contributed by atoms with E-state index in [0.717, 1.165) is 44.9 Å². The number of rotatable bonds is 25. The molecule has 0 saturated carbocycles. The molecule has 1 atom stereocenters. The molecule has 0 fully saturated rings. The zero-order chi connectivity index (χ0) is 24.4. The van der Waals surface area contributed by atoms with E-state index in [-0.39, 0.29) is 5.97 Å². The van der Waals surface area contributed by atoms with Crippen LogP contribution in [-0.2, 0) is 14.3 Å². The molecule has 0 aliphatic carbocycles. The standard InChI is InChI=1S/C29H54O4/c1-3-5-7-9-11-13-15-17-19-21-23-25-27(29(31)32)33-28(30)26-24-22-20-18-16-14-12-10-8-6-4-2/h10,12,27H,3-9,11,13-26H2,1-2H3,(H,31,32)/b12-10-. The predicted molar refractivity (Wildman–Crippen MR) is 140 cm³/mol. The minimum atomic E-state index is -1.01. The number of ether oxygens (including phenoxy) is 1. The third-order valence-electron chi connectivity index (χ3n) is 6.26. The van der Waals surface area contributed by atoms with Crippen LogP contribution < -0.4 is 0 Å². The number of carbonyl (C=O) groups excluding carboxylic acids is 1. The van der Waals surface area contributed by atoms with Gasteiger partial charge in [0, 0.05) is 6.42 Å². The molecule has 0 aliphatic rings. The Morgan fingerprint density at radius 3 is 1.64 bits per heavy atom. The number of hydrogen-bond donors (Lipinski definition) is 1. The van der Waals surface area contributed by atoms with Crippen molar-refractivity contribution in [3.63, 3.8) is 0 Å². The SMILES string of the molecule is CCCC/C=C\CCCCCCCC(=O)OC(CCCCCCCCCCCCC)C(=O)O. The molecule has 0 aromatic rings. The maximum atomic E-state index is 12.0. The van der Waals surface area contributed by atoms with E-state index in [2.05, 4.69) is 26.0 Å². The quantitative estimate of drug-likeness (QED) is 0.0827. The average molecular weight is 467 g/mol. The lowest BCUT2D eigenvalue weighted by Gasteiger charge is -2.13. The molecule has 194 valence electrons. The normalized spacial score (nSPS) is 12.3. The van der Waals surface area contributed by atoms with Gasteiger partial charge in [0.2, 0.25) is 0 Å². The molecule has 0 amide bonds. The van der Waals surface area contributed by atoms with E-state index < -0.39 is 12.1 Å².